The molecule has 0 saturated carbocycles. The van der Waals surface area contributed by atoms with E-state index in [-0.39, 0.29) is 5.75 Å². The third-order valence-electron chi connectivity index (χ3n) is 3.31. The van der Waals surface area contributed by atoms with Gasteiger partial charge in [-0.05, 0) is 50.0 Å². The minimum atomic E-state index is -3.23. The second-order valence-corrected chi connectivity index (χ2v) is 7.03. The Hall–Kier alpha value is -1.07. The first-order valence-corrected chi connectivity index (χ1v) is 8.88. The molecule has 1 aromatic rings. The van der Waals surface area contributed by atoms with E-state index >= 15 is 0 Å². The maximum Gasteiger partial charge on any atom is 0.234 e. The largest absolute Gasteiger partial charge is 0.317 e. The van der Waals surface area contributed by atoms with Crippen molar-refractivity contribution >= 4 is 15.7 Å². The summed E-state index contributed by atoms with van der Waals surface area (Å²) >= 11 is 0. The van der Waals surface area contributed by atoms with E-state index in [2.05, 4.69) is 19.2 Å². The zero-order chi connectivity index (χ0) is 15.0. The zero-order valence-electron chi connectivity index (χ0n) is 12.7. The van der Waals surface area contributed by atoms with Crippen LogP contribution in [0.4, 0.5) is 5.69 Å². The van der Waals surface area contributed by atoms with Gasteiger partial charge in [-0.15, -0.1) is 0 Å². The Morgan fingerprint density at radius 2 is 1.75 bits per heavy atom. The molecule has 5 heteroatoms. The highest BCUT2D eigenvalue weighted by Gasteiger charge is 2.17. The summed E-state index contributed by atoms with van der Waals surface area (Å²) in [5.74, 6) is 0.176. The lowest BCUT2D eigenvalue weighted by molar-refractivity contribution is 0.586. The summed E-state index contributed by atoms with van der Waals surface area (Å²) in [6, 6.07) is 7.69. The van der Waals surface area contributed by atoms with Gasteiger partial charge >= 0.3 is 0 Å². The number of benzene rings is 1. The fourth-order valence-electron chi connectivity index (χ4n) is 1.92. The van der Waals surface area contributed by atoms with Crippen LogP contribution < -0.4 is 9.62 Å². The van der Waals surface area contributed by atoms with Crippen LogP contribution in [0, 0.1) is 0 Å². The molecule has 0 aliphatic rings. The predicted molar refractivity (Wildman–Crippen MR) is 85.8 cm³/mol. The molecule has 0 aliphatic carbocycles. The van der Waals surface area contributed by atoms with Crippen molar-refractivity contribution in [1.82, 2.24) is 5.32 Å². The molecule has 4 nitrogen and oxygen atoms in total. The van der Waals surface area contributed by atoms with Gasteiger partial charge in [0.2, 0.25) is 10.0 Å². The molecule has 1 aromatic carbocycles. The topological polar surface area (TPSA) is 49.4 Å². The van der Waals surface area contributed by atoms with Crippen LogP contribution in [0.25, 0.3) is 0 Å². The van der Waals surface area contributed by atoms with Crippen LogP contribution in [-0.4, -0.2) is 34.3 Å². The molecule has 114 valence electrons. The maximum atomic E-state index is 12.2. The Kier molecular flexibility index (Phi) is 7.02. The van der Waals surface area contributed by atoms with Gasteiger partial charge in [-0.25, -0.2) is 8.42 Å². The summed E-state index contributed by atoms with van der Waals surface area (Å²) in [4.78, 5) is 0. The van der Waals surface area contributed by atoms with Crippen molar-refractivity contribution in [3.8, 4) is 0 Å². The second kappa shape index (κ2) is 8.27. The summed E-state index contributed by atoms with van der Waals surface area (Å²) in [5.41, 5.74) is 1.94. The van der Waals surface area contributed by atoms with Gasteiger partial charge in [0.05, 0.1) is 11.4 Å². The number of anilines is 1. The van der Waals surface area contributed by atoms with Gasteiger partial charge < -0.3 is 5.32 Å². The maximum absolute atomic E-state index is 12.2. The van der Waals surface area contributed by atoms with Crippen molar-refractivity contribution in [2.45, 2.75) is 33.1 Å². The molecule has 0 amide bonds. The van der Waals surface area contributed by atoms with Crippen LogP contribution >= 0.6 is 0 Å². The predicted octanol–water partition coefficient (Wildman–Crippen LogP) is 2.40. The van der Waals surface area contributed by atoms with Crippen molar-refractivity contribution < 1.29 is 8.42 Å². The summed E-state index contributed by atoms with van der Waals surface area (Å²) in [5, 5.41) is 3.22. The van der Waals surface area contributed by atoms with Gasteiger partial charge in [-0.1, -0.05) is 26.0 Å². The van der Waals surface area contributed by atoms with Crippen LogP contribution in [0.5, 0.6) is 0 Å². The number of hydrogen-bond donors (Lipinski definition) is 1. The van der Waals surface area contributed by atoms with Crippen molar-refractivity contribution in [2.24, 2.45) is 0 Å². The van der Waals surface area contributed by atoms with Crippen molar-refractivity contribution in [2.75, 3.05) is 30.2 Å². The average molecular weight is 298 g/mol. The Morgan fingerprint density at radius 3 is 2.30 bits per heavy atom. The molecule has 0 aliphatic heterocycles. The van der Waals surface area contributed by atoms with Crippen LogP contribution in [0.15, 0.2) is 24.3 Å². The van der Waals surface area contributed by atoms with E-state index < -0.39 is 10.0 Å². The van der Waals surface area contributed by atoms with E-state index in [4.69, 9.17) is 0 Å². The monoisotopic (exact) mass is 298 g/mol. The van der Waals surface area contributed by atoms with Crippen LogP contribution in [0.3, 0.4) is 0 Å². The first-order chi connectivity index (χ1) is 9.51. The quantitative estimate of drug-likeness (QED) is 0.712. The smallest absolute Gasteiger partial charge is 0.234 e. The molecule has 0 radical (unpaired) electrons. The summed E-state index contributed by atoms with van der Waals surface area (Å²) in [7, 11) is -1.61. The van der Waals surface area contributed by atoms with Crippen molar-refractivity contribution in [1.29, 1.82) is 0 Å². The molecular formula is C15H26N2O2S. The molecule has 0 unspecified atom stereocenters. The highest BCUT2D eigenvalue weighted by molar-refractivity contribution is 7.92. The Balaban J connectivity index is 2.56. The SMILES string of the molecule is CCCNCCCS(=O)(=O)N(C)c1ccc(CC)cc1. The minimum absolute atomic E-state index is 0.176. The molecule has 0 spiro atoms. The second-order valence-electron chi connectivity index (χ2n) is 4.91. The lowest BCUT2D eigenvalue weighted by atomic mass is 10.1. The van der Waals surface area contributed by atoms with E-state index in [0.29, 0.717) is 6.42 Å². The van der Waals surface area contributed by atoms with Gasteiger partial charge in [0.15, 0.2) is 0 Å². The average Bonchev–Trinajstić information content (AvgIpc) is 2.46. The Morgan fingerprint density at radius 1 is 1.10 bits per heavy atom. The standard InChI is InChI=1S/C15H26N2O2S/c1-4-11-16-12-6-13-20(18,19)17(3)15-9-7-14(5-2)8-10-15/h7-10,16H,4-6,11-13H2,1-3H3. The van der Waals surface area contributed by atoms with Crippen LogP contribution in [0.1, 0.15) is 32.3 Å². The molecule has 0 fully saturated rings. The molecule has 0 saturated heterocycles. The normalized spacial score (nSPS) is 11.6. The summed E-state index contributed by atoms with van der Waals surface area (Å²) in [6.07, 6.45) is 2.66. The number of hydrogen-bond acceptors (Lipinski definition) is 3. The number of nitrogens with zero attached hydrogens (tertiary/aromatic N) is 1. The molecule has 0 bridgehead atoms. The van der Waals surface area contributed by atoms with Gasteiger partial charge in [0.1, 0.15) is 0 Å². The highest BCUT2D eigenvalue weighted by Crippen LogP contribution is 2.17. The Labute approximate surface area is 123 Å². The minimum Gasteiger partial charge on any atom is -0.317 e. The van der Waals surface area contributed by atoms with Gasteiger partial charge in [-0.3, -0.25) is 4.31 Å². The highest BCUT2D eigenvalue weighted by atomic mass is 32.2. The Bertz CT molecular complexity index is 483. The van der Waals surface area contributed by atoms with Gasteiger partial charge in [0.25, 0.3) is 0 Å². The molecule has 1 N–H and O–H groups in total. The third kappa shape index (κ3) is 5.13. The number of sulfonamides is 1. The summed E-state index contributed by atoms with van der Waals surface area (Å²) < 4.78 is 25.8. The first kappa shape index (κ1) is 17.0. The lowest BCUT2D eigenvalue weighted by Gasteiger charge is -2.19. The van der Waals surface area contributed by atoms with Crippen molar-refractivity contribution in [3.63, 3.8) is 0 Å². The van der Waals surface area contributed by atoms with E-state index in [0.717, 1.165) is 31.6 Å². The zero-order valence-corrected chi connectivity index (χ0v) is 13.5. The third-order valence-corrected chi connectivity index (χ3v) is 5.16. The van der Waals surface area contributed by atoms with E-state index in [9.17, 15) is 8.42 Å². The number of aryl methyl sites for hydroxylation is 1. The van der Waals surface area contributed by atoms with E-state index in [1.807, 2.05) is 24.3 Å². The van der Waals surface area contributed by atoms with Crippen molar-refractivity contribution in [3.05, 3.63) is 29.8 Å². The van der Waals surface area contributed by atoms with Crippen LogP contribution in [0.2, 0.25) is 0 Å². The fourth-order valence-corrected chi connectivity index (χ4v) is 3.15. The van der Waals surface area contributed by atoms with E-state index in [1.165, 1.54) is 9.87 Å². The van der Waals surface area contributed by atoms with Crippen LogP contribution in [-0.2, 0) is 16.4 Å². The summed E-state index contributed by atoms with van der Waals surface area (Å²) in [6.45, 7) is 5.86. The van der Waals surface area contributed by atoms with Gasteiger partial charge in [-0.2, -0.15) is 0 Å². The molecule has 0 atom stereocenters. The molecular weight excluding hydrogens is 272 g/mol. The molecule has 20 heavy (non-hydrogen) atoms. The molecule has 1 rings (SSSR count). The molecule has 0 heterocycles. The molecule has 0 aromatic heterocycles. The number of rotatable bonds is 9. The fraction of sp³-hybridized carbons (Fsp3) is 0.600. The number of nitrogens with one attached hydrogen (secondary N) is 1. The van der Waals surface area contributed by atoms with E-state index in [1.54, 1.807) is 7.05 Å². The van der Waals surface area contributed by atoms with Gasteiger partial charge in [0, 0.05) is 7.05 Å². The first-order valence-electron chi connectivity index (χ1n) is 7.27. The lowest BCUT2D eigenvalue weighted by Crippen LogP contribution is -2.30.